The van der Waals surface area contributed by atoms with Crippen molar-refractivity contribution in [3.63, 3.8) is 0 Å². The fourth-order valence-corrected chi connectivity index (χ4v) is 4.03. The molecule has 1 saturated carbocycles. The zero-order chi connectivity index (χ0) is 22.6. The van der Waals surface area contributed by atoms with E-state index >= 15 is 0 Å². The number of nitrogens with zero attached hydrogens (tertiary/aromatic N) is 3. The van der Waals surface area contributed by atoms with Crippen LogP contribution in [0, 0.1) is 11.8 Å². The molecule has 4 N–H and O–H groups in total. The molecule has 1 aliphatic carbocycles. The maximum Gasteiger partial charge on any atom is 0.157 e. The summed E-state index contributed by atoms with van der Waals surface area (Å²) in [6, 6.07) is 8.06. The summed E-state index contributed by atoms with van der Waals surface area (Å²) in [5, 5.41) is 14.3. The van der Waals surface area contributed by atoms with Crippen LogP contribution in [0.5, 0.6) is 0 Å². The number of hydrogen-bond donors (Lipinski definition) is 3. The first-order valence-electron chi connectivity index (χ1n) is 11.6. The van der Waals surface area contributed by atoms with E-state index in [1.54, 1.807) is 0 Å². The quantitative estimate of drug-likeness (QED) is 0.378. The zero-order valence-corrected chi connectivity index (χ0v) is 18.5. The van der Waals surface area contributed by atoms with Gasteiger partial charge in [-0.05, 0) is 49.8 Å². The van der Waals surface area contributed by atoms with Crippen LogP contribution in [-0.4, -0.2) is 45.2 Å². The largest absolute Gasteiger partial charge is 0.383 e. The second-order valence-corrected chi connectivity index (χ2v) is 8.58. The van der Waals surface area contributed by atoms with Gasteiger partial charge in [-0.2, -0.15) is 0 Å². The first kappa shape index (κ1) is 21.9. The summed E-state index contributed by atoms with van der Waals surface area (Å²) < 4.78 is 13.5. The van der Waals surface area contributed by atoms with Crippen LogP contribution in [-0.2, 0) is 16.0 Å². The van der Waals surface area contributed by atoms with Crippen LogP contribution >= 0.6 is 0 Å². The van der Waals surface area contributed by atoms with Gasteiger partial charge in [-0.3, -0.25) is 5.32 Å². The van der Waals surface area contributed by atoms with Gasteiger partial charge in [-0.1, -0.05) is 24.0 Å². The Bertz CT molecular complexity index is 1170. The van der Waals surface area contributed by atoms with Gasteiger partial charge in [-0.25, -0.2) is 9.97 Å². The Morgan fingerprint density at radius 1 is 1.24 bits per heavy atom. The first-order valence-corrected chi connectivity index (χ1v) is 11.6. The summed E-state index contributed by atoms with van der Waals surface area (Å²) in [7, 11) is 0. The highest BCUT2D eigenvalue weighted by Crippen LogP contribution is 2.25. The molecule has 5 rings (SSSR count). The molecule has 1 aliphatic heterocycles. The van der Waals surface area contributed by atoms with E-state index < -0.39 is 6.23 Å². The Hall–Kier alpha value is -2.96. The lowest BCUT2D eigenvalue weighted by Crippen LogP contribution is -2.23. The van der Waals surface area contributed by atoms with E-state index in [-0.39, 0.29) is 6.29 Å². The van der Waals surface area contributed by atoms with Crippen molar-refractivity contribution in [1.29, 1.82) is 0 Å². The molecule has 8 heteroatoms. The van der Waals surface area contributed by atoms with Crippen molar-refractivity contribution < 1.29 is 14.6 Å². The third-order valence-electron chi connectivity index (χ3n) is 5.97. The predicted octanol–water partition coefficient (Wildman–Crippen LogP) is 2.70. The van der Waals surface area contributed by atoms with E-state index in [0.717, 1.165) is 66.4 Å². The van der Waals surface area contributed by atoms with Crippen molar-refractivity contribution in [2.75, 3.05) is 18.9 Å². The Morgan fingerprint density at radius 3 is 2.97 bits per heavy atom. The van der Waals surface area contributed by atoms with E-state index in [4.69, 9.17) is 15.2 Å². The number of nitrogen functional groups attached to an aromatic ring is 1. The molecule has 1 saturated heterocycles. The first-order chi connectivity index (χ1) is 16.2. The van der Waals surface area contributed by atoms with Gasteiger partial charge in [0.1, 0.15) is 24.0 Å². The summed E-state index contributed by atoms with van der Waals surface area (Å²) in [5.74, 6) is 6.83. The van der Waals surface area contributed by atoms with Gasteiger partial charge in [0.15, 0.2) is 6.29 Å². The smallest absolute Gasteiger partial charge is 0.157 e. The second kappa shape index (κ2) is 9.89. The van der Waals surface area contributed by atoms with Crippen molar-refractivity contribution in [2.24, 2.45) is 0 Å². The topological polar surface area (TPSA) is 107 Å². The highest BCUT2D eigenvalue weighted by molar-refractivity contribution is 5.92. The van der Waals surface area contributed by atoms with Crippen molar-refractivity contribution in [1.82, 2.24) is 19.9 Å². The minimum atomic E-state index is -0.682. The second-order valence-electron chi connectivity index (χ2n) is 8.58. The van der Waals surface area contributed by atoms with Crippen molar-refractivity contribution >= 4 is 16.9 Å². The van der Waals surface area contributed by atoms with Crippen LogP contribution in [0.1, 0.15) is 55.0 Å². The van der Waals surface area contributed by atoms with Crippen molar-refractivity contribution in [3.8, 4) is 11.8 Å². The molecule has 0 bridgehead atoms. The third kappa shape index (κ3) is 5.34. The van der Waals surface area contributed by atoms with E-state index in [1.165, 1.54) is 6.33 Å². The molecule has 172 valence electrons. The average molecular weight is 448 g/mol. The monoisotopic (exact) mass is 447 g/mol. The van der Waals surface area contributed by atoms with Gasteiger partial charge in [-0.15, -0.1) is 0 Å². The normalized spacial score (nSPS) is 19.2. The standard InChI is InChI=1S/C25H29N5O3/c26-23-22-19(8-7-17-4-3-5-18(14-17)25(31)29-20-9-10-20)15-30(24(22)28-16-27-23)11-13-33-21-6-1-2-12-32-21/h3-5,14-16,20-21,25,29,31H,1-2,6,9-13H2,(H2,26,27,28). The summed E-state index contributed by atoms with van der Waals surface area (Å²) >= 11 is 0. The molecule has 2 atom stereocenters. The molecule has 1 aromatic carbocycles. The Morgan fingerprint density at radius 2 is 2.15 bits per heavy atom. The highest BCUT2D eigenvalue weighted by atomic mass is 16.7. The number of benzene rings is 1. The lowest BCUT2D eigenvalue weighted by Gasteiger charge is -2.22. The number of nitrogens with two attached hydrogens (primary N) is 1. The maximum absolute atomic E-state index is 10.4. The molecule has 3 aromatic rings. The SMILES string of the molecule is Nc1ncnc2c1c(C#Cc1cccc(C(O)NC3CC3)c1)cn2CCOC1CCCCO1. The van der Waals surface area contributed by atoms with Gasteiger partial charge in [0, 0.05) is 31.0 Å². The molecule has 33 heavy (non-hydrogen) atoms. The molecule has 0 amide bonds. The number of nitrogens with one attached hydrogen (secondary N) is 1. The fraction of sp³-hybridized carbons (Fsp3) is 0.440. The average Bonchev–Trinajstić information content (AvgIpc) is 3.58. The number of rotatable bonds is 7. The molecule has 2 fully saturated rings. The fourth-order valence-electron chi connectivity index (χ4n) is 4.03. The van der Waals surface area contributed by atoms with Crippen LogP contribution in [0.2, 0.25) is 0 Å². The van der Waals surface area contributed by atoms with Crippen LogP contribution in [0.25, 0.3) is 11.0 Å². The van der Waals surface area contributed by atoms with Crippen LogP contribution in [0.4, 0.5) is 5.82 Å². The number of aromatic nitrogens is 3. The van der Waals surface area contributed by atoms with Gasteiger partial charge >= 0.3 is 0 Å². The summed E-state index contributed by atoms with van der Waals surface area (Å²) in [6.45, 7) is 1.89. The molecule has 2 unspecified atom stereocenters. The van der Waals surface area contributed by atoms with Crippen LogP contribution < -0.4 is 11.1 Å². The highest BCUT2D eigenvalue weighted by Gasteiger charge is 2.24. The van der Waals surface area contributed by atoms with E-state index in [2.05, 4.69) is 27.1 Å². The molecule has 2 aliphatic rings. The number of fused-ring (bicyclic) bond motifs is 1. The van der Waals surface area contributed by atoms with E-state index in [1.807, 2.05) is 35.0 Å². The number of aliphatic hydroxyl groups is 1. The van der Waals surface area contributed by atoms with Crippen molar-refractivity contribution in [2.45, 2.75) is 57.2 Å². The van der Waals surface area contributed by atoms with Gasteiger partial charge < -0.3 is 24.9 Å². The Kier molecular flexibility index (Phi) is 6.55. The number of aliphatic hydroxyl groups excluding tert-OH is 1. The predicted molar refractivity (Wildman–Crippen MR) is 125 cm³/mol. The van der Waals surface area contributed by atoms with Gasteiger partial charge in [0.2, 0.25) is 0 Å². The van der Waals surface area contributed by atoms with E-state index in [9.17, 15) is 5.11 Å². The molecular weight excluding hydrogens is 418 g/mol. The molecule has 3 heterocycles. The molecule has 0 spiro atoms. The summed E-state index contributed by atoms with van der Waals surface area (Å²) in [4.78, 5) is 8.58. The summed E-state index contributed by atoms with van der Waals surface area (Å²) in [6.07, 6.45) is 7.99. The number of hydrogen-bond acceptors (Lipinski definition) is 7. The Balaban J connectivity index is 1.35. The lowest BCUT2D eigenvalue weighted by molar-refractivity contribution is -0.163. The van der Waals surface area contributed by atoms with Crippen molar-refractivity contribution in [3.05, 3.63) is 53.5 Å². The molecule has 0 radical (unpaired) electrons. The zero-order valence-electron chi connectivity index (χ0n) is 18.5. The molecular formula is C25H29N5O3. The van der Waals surface area contributed by atoms with E-state index in [0.29, 0.717) is 25.0 Å². The molecule has 2 aromatic heterocycles. The summed E-state index contributed by atoms with van der Waals surface area (Å²) in [5.41, 5.74) is 9.30. The van der Waals surface area contributed by atoms with Gasteiger partial charge in [0.25, 0.3) is 0 Å². The number of anilines is 1. The minimum Gasteiger partial charge on any atom is -0.383 e. The minimum absolute atomic E-state index is 0.128. The molecule has 8 nitrogen and oxygen atoms in total. The third-order valence-corrected chi connectivity index (χ3v) is 5.97. The maximum atomic E-state index is 10.4. The Labute approximate surface area is 193 Å². The number of ether oxygens (including phenoxy) is 2. The van der Waals surface area contributed by atoms with Crippen LogP contribution in [0.3, 0.4) is 0 Å². The van der Waals surface area contributed by atoms with Crippen LogP contribution in [0.15, 0.2) is 36.8 Å². The van der Waals surface area contributed by atoms with Gasteiger partial charge in [0.05, 0.1) is 17.6 Å². The lowest BCUT2D eigenvalue weighted by atomic mass is 10.1.